The Hall–Kier alpha value is -1.67. The molecule has 9 heteroatoms. The molecular formula is C16H15Cl2FN2O3S. The second-order valence-corrected chi connectivity index (χ2v) is 7.76. The van der Waals surface area contributed by atoms with Crippen molar-refractivity contribution in [2.45, 2.75) is 11.8 Å². The highest BCUT2D eigenvalue weighted by atomic mass is 35.5. The van der Waals surface area contributed by atoms with Crippen molar-refractivity contribution in [3.63, 3.8) is 0 Å². The third-order valence-corrected chi connectivity index (χ3v) is 6.10. The molecule has 1 amide bonds. The molecule has 0 spiro atoms. The lowest BCUT2D eigenvalue weighted by molar-refractivity contribution is -0.116. The molecule has 0 aliphatic rings. The highest BCUT2D eigenvalue weighted by Crippen LogP contribution is 2.29. The van der Waals surface area contributed by atoms with Gasteiger partial charge in [-0.2, -0.15) is 4.31 Å². The molecule has 0 aromatic heterocycles. The van der Waals surface area contributed by atoms with E-state index in [0.29, 0.717) is 0 Å². The van der Waals surface area contributed by atoms with Crippen LogP contribution in [0.5, 0.6) is 0 Å². The van der Waals surface area contributed by atoms with Crippen molar-refractivity contribution < 1.29 is 17.6 Å². The predicted molar refractivity (Wildman–Crippen MR) is 95.9 cm³/mol. The number of nitrogens with one attached hydrogen (secondary N) is 1. The van der Waals surface area contributed by atoms with Gasteiger partial charge in [0.1, 0.15) is 5.82 Å². The van der Waals surface area contributed by atoms with Crippen LogP contribution >= 0.6 is 23.2 Å². The molecular weight excluding hydrogens is 390 g/mol. The second-order valence-electron chi connectivity index (χ2n) is 5.03. The highest BCUT2D eigenvalue weighted by Gasteiger charge is 2.25. The van der Waals surface area contributed by atoms with Gasteiger partial charge < -0.3 is 5.32 Å². The minimum atomic E-state index is -3.93. The van der Waals surface area contributed by atoms with Crippen molar-refractivity contribution in [3.05, 3.63) is 58.3 Å². The van der Waals surface area contributed by atoms with Gasteiger partial charge in [-0.25, -0.2) is 12.8 Å². The van der Waals surface area contributed by atoms with E-state index in [1.54, 1.807) is 25.1 Å². The maximum atomic E-state index is 13.0. The molecule has 0 fully saturated rings. The standard InChI is InChI=1S/C16H15Cl2FN2O3S/c1-2-21(25(23,24)12-8-6-11(19)7-9-12)10-15(22)20-14-5-3-4-13(17)16(14)18/h3-9H,2,10H2,1H3,(H,20,22). The third kappa shape index (κ3) is 4.70. The first-order chi connectivity index (χ1) is 11.8. The van der Waals surface area contributed by atoms with E-state index in [-0.39, 0.29) is 27.2 Å². The van der Waals surface area contributed by atoms with Gasteiger partial charge in [-0.3, -0.25) is 4.79 Å². The monoisotopic (exact) mass is 404 g/mol. The fourth-order valence-electron chi connectivity index (χ4n) is 2.07. The number of likely N-dealkylation sites (N-methyl/N-ethyl adjacent to an activating group) is 1. The molecule has 0 radical (unpaired) electrons. The van der Waals surface area contributed by atoms with Crippen molar-refractivity contribution in [1.29, 1.82) is 0 Å². The molecule has 1 N–H and O–H groups in total. The van der Waals surface area contributed by atoms with E-state index in [4.69, 9.17) is 23.2 Å². The predicted octanol–water partition coefficient (Wildman–Crippen LogP) is 3.78. The Kier molecular flexibility index (Phi) is 6.40. The van der Waals surface area contributed by atoms with Crippen molar-refractivity contribution >= 4 is 44.8 Å². The summed E-state index contributed by atoms with van der Waals surface area (Å²) >= 11 is 11.9. The number of amides is 1. The first-order valence-electron chi connectivity index (χ1n) is 7.25. The van der Waals surface area contributed by atoms with Gasteiger partial charge in [0.15, 0.2) is 0 Å². The summed E-state index contributed by atoms with van der Waals surface area (Å²) < 4.78 is 39.1. The van der Waals surface area contributed by atoms with Crippen LogP contribution in [0.4, 0.5) is 10.1 Å². The van der Waals surface area contributed by atoms with Gasteiger partial charge in [0, 0.05) is 6.54 Å². The largest absolute Gasteiger partial charge is 0.324 e. The average Bonchev–Trinajstić information content (AvgIpc) is 2.57. The Morgan fingerprint density at radius 3 is 2.40 bits per heavy atom. The Morgan fingerprint density at radius 1 is 1.16 bits per heavy atom. The van der Waals surface area contributed by atoms with Crippen LogP contribution in [0.2, 0.25) is 10.0 Å². The first-order valence-corrected chi connectivity index (χ1v) is 9.45. The summed E-state index contributed by atoms with van der Waals surface area (Å²) in [6.45, 7) is 1.25. The summed E-state index contributed by atoms with van der Waals surface area (Å²) in [5.74, 6) is -1.12. The van der Waals surface area contributed by atoms with Crippen LogP contribution in [0.3, 0.4) is 0 Å². The zero-order chi connectivity index (χ0) is 18.6. The molecule has 134 valence electrons. The van der Waals surface area contributed by atoms with E-state index in [1.165, 1.54) is 0 Å². The molecule has 0 heterocycles. The first kappa shape index (κ1) is 19.7. The topological polar surface area (TPSA) is 66.5 Å². The third-order valence-electron chi connectivity index (χ3n) is 3.35. The van der Waals surface area contributed by atoms with Crippen LogP contribution in [0.1, 0.15) is 6.92 Å². The minimum Gasteiger partial charge on any atom is -0.324 e. The van der Waals surface area contributed by atoms with Crippen LogP contribution in [-0.4, -0.2) is 31.7 Å². The van der Waals surface area contributed by atoms with Gasteiger partial charge in [-0.1, -0.05) is 36.2 Å². The summed E-state index contributed by atoms with van der Waals surface area (Å²) in [4.78, 5) is 12.1. The number of sulfonamides is 1. The van der Waals surface area contributed by atoms with Crippen molar-refractivity contribution in [2.24, 2.45) is 0 Å². The van der Waals surface area contributed by atoms with Gasteiger partial charge in [0.2, 0.25) is 15.9 Å². The Bertz CT molecular complexity index is 873. The van der Waals surface area contributed by atoms with Gasteiger partial charge in [0.05, 0.1) is 27.2 Å². The van der Waals surface area contributed by atoms with Crippen LogP contribution in [0, 0.1) is 5.82 Å². The summed E-state index contributed by atoms with van der Waals surface area (Å²) in [6, 6.07) is 9.13. The number of hydrogen-bond acceptors (Lipinski definition) is 3. The number of rotatable bonds is 6. The Labute approximate surface area is 155 Å². The molecule has 0 bridgehead atoms. The smallest absolute Gasteiger partial charge is 0.243 e. The SMILES string of the molecule is CCN(CC(=O)Nc1cccc(Cl)c1Cl)S(=O)(=O)c1ccc(F)cc1. The molecule has 2 aromatic carbocycles. The molecule has 0 unspecified atom stereocenters. The average molecular weight is 405 g/mol. The van der Waals surface area contributed by atoms with E-state index in [9.17, 15) is 17.6 Å². The molecule has 0 saturated carbocycles. The van der Waals surface area contributed by atoms with E-state index < -0.39 is 28.3 Å². The zero-order valence-corrected chi connectivity index (χ0v) is 15.5. The van der Waals surface area contributed by atoms with Gasteiger partial charge in [0.25, 0.3) is 0 Å². The molecule has 0 atom stereocenters. The van der Waals surface area contributed by atoms with Crippen LogP contribution in [-0.2, 0) is 14.8 Å². The maximum absolute atomic E-state index is 13.0. The van der Waals surface area contributed by atoms with Crippen LogP contribution < -0.4 is 5.32 Å². The summed E-state index contributed by atoms with van der Waals surface area (Å²) in [5.41, 5.74) is 0.286. The number of anilines is 1. The van der Waals surface area contributed by atoms with Gasteiger partial charge >= 0.3 is 0 Å². The van der Waals surface area contributed by atoms with Crippen LogP contribution in [0.15, 0.2) is 47.4 Å². The normalized spacial score (nSPS) is 11.6. The second kappa shape index (κ2) is 8.14. The lowest BCUT2D eigenvalue weighted by Crippen LogP contribution is -2.37. The Balaban J connectivity index is 2.17. The quantitative estimate of drug-likeness (QED) is 0.796. The van der Waals surface area contributed by atoms with Crippen molar-refractivity contribution in [3.8, 4) is 0 Å². The summed E-state index contributed by atoms with van der Waals surface area (Å²) in [5, 5.41) is 2.96. The maximum Gasteiger partial charge on any atom is 0.243 e. The lowest BCUT2D eigenvalue weighted by atomic mass is 10.3. The minimum absolute atomic E-state index is 0.0659. The van der Waals surface area contributed by atoms with E-state index in [2.05, 4.69) is 5.32 Å². The Morgan fingerprint density at radius 2 is 1.80 bits per heavy atom. The summed E-state index contributed by atoms with van der Waals surface area (Å²) in [6.07, 6.45) is 0. The number of halogens is 3. The number of benzene rings is 2. The lowest BCUT2D eigenvalue weighted by Gasteiger charge is -2.20. The van der Waals surface area contributed by atoms with Crippen molar-refractivity contribution in [2.75, 3.05) is 18.4 Å². The number of nitrogens with zero attached hydrogens (tertiary/aromatic N) is 1. The van der Waals surface area contributed by atoms with E-state index in [0.717, 1.165) is 28.6 Å². The number of hydrogen-bond donors (Lipinski definition) is 1. The van der Waals surface area contributed by atoms with Gasteiger partial charge in [-0.15, -0.1) is 0 Å². The van der Waals surface area contributed by atoms with E-state index in [1.807, 2.05) is 0 Å². The molecule has 5 nitrogen and oxygen atoms in total. The molecule has 2 aromatic rings. The van der Waals surface area contributed by atoms with Gasteiger partial charge in [-0.05, 0) is 36.4 Å². The molecule has 25 heavy (non-hydrogen) atoms. The molecule has 0 aliphatic heterocycles. The van der Waals surface area contributed by atoms with E-state index >= 15 is 0 Å². The van der Waals surface area contributed by atoms with Crippen molar-refractivity contribution in [1.82, 2.24) is 4.31 Å². The molecule has 0 saturated heterocycles. The molecule has 2 rings (SSSR count). The number of carbonyl (C=O) groups is 1. The fraction of sp³-hybridized carbons (Fsp3) is 0.188. The fourth-order valence-corrected chi connectivity index (χ4v) is 3.83. The zero-order valence-electron chi connectivity index (χ0n) is 13.2. The summed E-state index contributed by atoms with van der Waals surface area (Å²) in [7, 11) is -3.93. The molecule has 0 aliphatic carbocycles. The van der Waals surface area contributed by atoms with Crippen LogP contribution in [0.25, 0.3) is 0 Å². The highest BCUT2D eigenvalue weighted by molar-refractivity contribution is 7.89. The number of carbonyl (C=O) groups excluding carboxylic acids is 1.